The van der Waals surface area contributed by atoms with Crippen molar-refractivity contribution in [3.05, 3.63) is 16.5 Å². The number of methoxy groups -OCH3 is 1. The molecule has 8 heteroatoms. The van der Waals surface area contributed by atoms with Crippen molar-refractivity contribution >= 4 is 31.2 Å². The predicted molar refractivity (Wildman–Crippen MR) is 83.6 cm³/mol. The fourth-order valence-corrected chi connectivity index (χ4v) is 4.02. The first-order valence-electron chi connectivity index (χ1n) is 6.18. The van der Waals surface area contributed by atoms with E-state index in [9.17, 15) is 4.21 Å². The topological polar surface area (TPSA) is 70.8 Å². The molecule has 116 valence electrons. The molecule has 1 aromatic rings. The van der Waals surface area contributed by atoms with Crippen LogP contribution in [-0.2, 0) is 34.1 Å². The summed E-state index contributed by atoms with van der Waals surface area (Å²) in [6, 6.07) is 1.78. The van der Waals surface area contributed by atoms with E-state index in [4.69, 9.17) is 30.5 Å². The minimum Gasteiger partial charge on any atom is -0.356 e. The van der Waals surface area contributed by atoms with E-state index in [1.807, 2.05) is 13.8 Å². The summed E-state index contributed by atoms with van der Waals surface area (Å²) in [5.74, 6) is 0. The summed E-state index contributed by atoms with van der Waals surface area (Å²) in [7, 11) is -1.27. The molecule has 1 aromatic heterocycles. The summed E-state index contributed by atoms with van der Waals surface area (Å²) >= 11 is 6.18. The van der Waals surface area contributed by atoms with Gasteiger partial charge in [0.15, 0.2) is 13.1 Å². The molecular formula is C12H21NO4S3. The molecule has 0 saturated heterocycles. The van der Waals surface area contributed by atoms with E-state index < -0.39 is 8.68 Å². The van der Waals surface area contributed by atoms with Crippen LogP contribution in [-0.4, -0.2) is 24.4 Å². The third kappa shape index (κ3) is 5.03. The van der Waals surface area contributed by atoms with Crippen LogP contribution in [0.25, 0.3) is 0 Å². The molecule has 2 N–H and O–H groups in total. The van der Waals surface area contributed by atoms with Gasteiger partial charge in [0.25, 0.3) is 0 Å². The van der Waals surface area contributed by atoms with Crippen molar-refractivity contribution in [3.63, 3.8) is 0 Å². The van der Waals surface area contributed by atoms with E-state index in [0.29, 0.717) is 4.21 Å². The lowest BCUT2D eigenvalue weighted by Gasteiger charge is -2.18. The highest BCUT2D eigenvalue weighted by Gasteiger charge is 2.19. The van der Waals surface area contributed by atoms with Crippen molar-refractivity contribution in [2.45, 2.75) is 43.8 Å². The van der Waals surface area contributed by atoms with Crippen LogP contribution >= 0.6 is 11.3 Å². The molecule has 20 heavy (non-hydrogen) atoms. The molecule has 0 radical (unpaired) electrons. The van der Waals surface area contributed by atoms with Crippen LogP contribution in [0.5, 0.6) is 0 Å². The molecule has 0 aromatic carbocycles. The zero-order chi connectivity index (χ0) is 15.3. The van der Waals surface area contributed by atoms with Crippen LogP contribution in [0.3, 0.4) is 0 Å². The Morgan fingerprint density at radius 3 is 2.60 bits per heavy atom. The maximum Gasteiger partial charge on any atom is 0.157 e. The minimum absolute atomic E-state index is 0.129. The highest BCUT2D eigenvalue weighted by atomic mass is 32.8. The quantitative estimate of drug-likeness (QED) is 0.737. The van der Waals surface area contributed by atoms with Gasteiger partial charge in [-0.05, 0) is 31.9 Å². The standard InChI is InChI=1S/C12H21NO4S3/c1-5-11(17-7-16-9(3)15-4)10-6-12(19-8(10)2)20(13,14)18/h6,9,11H,5,7H2,1-4H3,(H2,13,14,18). The first-order valence-corrected chi connectivity index (χ1v) is 9.55. The zero-order valence-corrected chi connectivity index (χ0v) is 14.5. The average Bonchev–Trinajstić information content (AvgIpc) is 2.76. The first kappa shape index (κ1) is 18.0. The van der Waals surface area contributed by atoms with Gasteiger partial charge in [-0.1, -0.05) is 6.92 Å². The third-order valence-corrected chi connectivity index (χ3v) is 6.22. The van der Waals surface area contributed by atoms with Crippen LogP contribution in [0.4, 0.5) is 0 Å². The number of thiophene rings is 1. The van der Waals surface area contributed by atoms with Crippen LogP contribution < -0.4 is 5.14 Å². The van der Waals surface area contributed by atoms with Crippen molar-refractivity contribution in [3.8, 4) is 0 Å². The molecule has 1 heterocycles. The lowest BCUT2D eigenvalue weighted by molar-refractivity contribution is -0.189. The maximum absolute atomic E-state index is 11.7. The maximum atomic E-state index is 11.7. The Morgan fingerprint density at radius 1 is 1.50 bits per heavy atom. The largest absolute Gasteiger partial charge is 0.356 e. The number of aryl methyl sites for hydroxylation is 1. The second-order valence-electron chi connectivity index (χ2n) is 4.27. The second-order valence-corrected chi connectivity index (χ2v) is 8.80. The molecule has 0 spiro atoms. The van der Waals surface area contributed by atoms with Gasteiger partial charge in [-0.2, -0.15) is 0 Å². The fraction of sp³-hybridized carbons (Fsp3) is 0.667. The zero-order valence-electron chi connectivity index (χ0n) is 12.1. The van der Waals surface area contributed by atoms with Crippen LogP contribution in [0, 0.1) is 6.92 Å². The average molecular weight is 340 g/mol. The smallest absolute Gasteiger partial charge is 0.157 e. The summed E-state index contributed by atoms with van der Waals surface area (Å²) < 4.78 is 28.2. The number of hydrogen-bond donors (Lipinski definition) is 1. The number of rotatable bonds is 8. The van der Waals surface area contributed by atoms with Crippen molar-refractivity contribution in [1.29, 1.82) is 0 Å². The highest BCUT2D eigenvalue weighted by molar-refractivity contribution is 8.32. The monoisotopic (exact) mass is 339 g/mol. The molecule has 1 rings (SSSR count). The van der Waals surface area contributed by atoms with Crippen molar-refractivity contribution < 1.29 is 18.4 Å². The molecular weight excluding hydrogens is 318 g/mol. The summed E-state index contributed by atoms with van der Waals surface area (Å²) in [5, 5.41) is 5.51. The van der Waals surface area contributed by atoms with Crippen molar-refractivity contribution in [2.75, 3.05) is 13.9 Å². The Bertz CT molecular complexity index is 527. The SMILES string of the molecule is CCC(OCOC(C)OC)c1cc(S(N)(=O)=S)sc1C. The highest BCUT2D eigenvalue weighted by Crippen LogP contribution is 2.32. The first-order chi connectivity index (χ1) is 9.29. The Kier molecular flexibility index (Phi) is 6.99. The van der Waals surface area contributed by atoms with E-state index in [-0.39, 0.29) is 19.2 Å². The molecule has 0 fully saturated rings. The molecule has 0 amide bonds. The Hall–Kier alpha value is -0.0900. The lowest BCUT2D eigenvalue weighted by atomic mass is 10.1. The summed E-state index contributed by atoms with van der Waals surface area (Å²) in [6.07, 6.45) is 0.313. The van der Waals surface area contributed by atoms with Gasteiger partial charge in [0.1, 0.15) is 12.9 Å². The molecule has 0 bridgehead atoms. The molecule has 3 atom stereocenters. The summed E-state index contributed by atoms with van der Waals surface area (Å²) in [4.78, 5) is 1.01. The summed E-state index contributed by atoms with van der Waals surface area (Å²) in [5.41, 5.74) is 0.962. The van der Waals surface area contributed by atoms with Gasteiger partial charge in [-0.15, -0.1) is 11.3 Å². The van der Waals surface area contributed by atoms with Crippen molar-refractivity contribution in [2.24, 2.45) is 5.14 Å². The van der Waals surface area contributed by atoms with Crippen LogP contribution in [0.2, 0.25) is 0 Å². The van der Waals surface area contributed by atoms with Crippen LogP contribution in [0.15, 0.2) is 10.3 Å². The number of nitrogens with two attached hydrogens (primary N) is 1. The van der Waals surface area contributed by atoms with Crippen molar-refractivity contribution in [1.82, 2.24) is 0 Å². The predicted octanol–water partition coefficient (Wildman–Crippen LogP) is 2.47. The van der Waals surface area contributed by atoms with Gasteiger partial charge in [-0.25, -0.2) is 9.35 Å². The van der Waals surface area contributed by atoms with Gasteiger partial charge < -0.3 is 14.2 Å². The van der Waals surface area contributed by atoms with Crippen LogP contribution in [0.1, 0.15) is 36.8 Å². The molecule has 3 unspecified atom stereocenters. The molecule has 0 aliphatic carbocycles. The minimum atomic E-state index is -2.84. The fourth-order valence-electron chi connectivity index (χ4n) is 1.64. The van der Waals surface area contributed by atoms with Gasteiger partial charge in [0.05, 0.1) is 6.10 Å². The molecule has 0 aliphatic rings. The van der Waals surface area contributed by atoms with Gasteiger partial charge in [0, 0.05) is 23.2 Å². The Morgan fingerprint density at radius 2 is 2.15 bits per heavy atom. The Labute approximate surface area is 129 Å². The van der Waals surface area contributed by atoms with Gasteiger partial charge >= 0.3 is 0 Å². The normalized spacial score (nSPS) is 17.6. The molecule has 5 nitrogen and oxygen atoms in total. The van der Waals surface area contributed by atoms with E-state index >= 15 is 0 Å². The second kappa shape index (κ2) is 7.79. The van der Waals surface area contributed by atoms with E-state index in [1.54, 1.807) is 20.1 Å². The lowest BCUT2D eigenvalue weighted by Crippen LogP contribution is -2.15. The van der Waals surface area contributed by atoms with E-state index in [2.05, 4.69) is 0 Å². The van der Waals surface area contributed by atoms with E-state index in [0.717, 1.165) is 16.9 Å². The van der Waals surface area contributed by atoms with Gasteiger partial charge in [-0.3, -0.25) is 0 Å². The third-order valence-electron chi connectivity index (χ3n) is 2.84. The Balaban J connectivity index is 2.77. The molecule has 0 aliphatic heterocycles. The number of ether oxygens (including phenoxy) is 3. The van der Waals surface area contributed by atoms with E-state index in [1.165, 1.54) is 11.3 Å². The van der Waals surface area contributed by atoms with Gasteiger partial charge in [0.2, 0.25) is 0 Å². The molecule has 0 saturated carbocycles. The summed E-state index contributed by atoms with van der Waals surface area (Å²) in [6.45, 7) is 5.87. The number of hydrogen-bond acceptors (Lipinski definition) is 6.